The SMILES string of the molecule is COc1ccc2c(c1)OCc1sc(N=Cc3ccccc3Cl)nc1-2. The molecule has 3 aromatic rings. The summed E-state index contributed by atoms with van der Waals surface area (Å²) in [6, 6.07) is 13.3. The number of halogens is 1. The highest BCUT2D eigenvalue weighted by molar-refractivity contribution is 7.15. The van der Waals surface area contributed by atoms with Gasteiger partial charge in [-0.2, -0.15) is 0 Å². The molecule has 0 saturated carbocycles. The molecule has 0 saturated heterocycles. The quantitative estimate of drug-likeness (QED) is 0.612. The number of methoxy groups -OCH3 is 1. The lowest BCUT2D eigenvalue weighted by Crippen LogP contribution is -2.03. The average molecular weight is 357 g/mol. The lowest BCUT2D eigenvalue weighted by Gasteiger charge is -2.16. The fraction of sp³-hybridized carbons (Fsp3) is 0.111. The van der Waals surface area contributed by atoms with E-state index in [0.29, 0.717) is 16.8 Å². The third-order valence-electron chi connectivity index (χ3n) is 3.71. The summed E-state index contributed by atoms with van der Waals surface area (Å²) in [7, 11) is 1.64. The van der Waals surface area contributed by atoms with Gasteiger partial charge in [0.1, 0.15) is 18.1 Å². The molecule has 1 aromatic heterocycles. The van der Waals surface area contributed by atoms with E-state index in [1.54, 1.807) is 13.3 Å². The van der Waals surface area contributed by atoms with Gasteiger partial charge in [0.05, 0.1) is 17.7 Å². The summed E-state index contributed by atoms with van der Waals surface area (Å²) >= 11 is 7.67. The Labute approximate surface area is 148 Å². The van der Waals surface area contributed by atoms with E-state index in [4.69, 9.17) is 21.1 Å². The zero-order valence-electron chi connectivity index (χ0n) is 12.8. The van der Waals surface area contributed by atoms with Crippen molar-refractivity contribution >= 4 is 34.3 Å². The van der Waals surface area contributed by atoms with Crippen LogP contribution in [0.5, 0.6) is 11.5 Å². The zero-order chi connectivity index (χ0) is 16.5. The van der Waals surface area contributed by atoms with Crippen LogP contribution in [0, 0.1) is 0 Å². The normalized spacial score (nSPS) is 12.6. The van der Waals surface area contributed by atoms with Crippen LogP contribution in [0.3, 0.4) is 0 Å². The van der Waals surface area contributed by atoms with Crippen molar-refractivity contribution < 1.29 is 9.47 Å². The average Bonchev–Trinajstić information content (AvgIpc) is 3.04. The highest BCUT2D eigenvalue weighted by Gasteiger charge is 2.22. The number of nitrogens with zero attached hydrogens (tertiary/aromatic N) is 2. The molecular formula is C18H13ClN2O2S. The van der Waals surface area contributed by atoms with Gasteiger partial charge in [-0.05, 0) is 18.2 Å². The van der Waals surface area contributed by atoms with Crippen LogP contribution in [0.2, 0.25) is 5.02 Å². The van der Waals surface area contributed by atoms with Gasteiger partial charge in [0.25, 0.3) is 0 Å². The van der Waals surface area contributed by atoms with E-state index in [0.717, 1.165) is 33.2 Å². The number of ether oxygens (including phenoxy) is 2. The summed E-state index contributed by atoms with van der Waals surface area (Å²) in [5.41, 5.74) is 2.76. The maximum absolute atomic E-state index is 6.15. The largest absolute Gasteiger partial charge is 0.497 e. The van der Waals surface area contributed by atoms with E-state index in [1.807, 2.05) is 42.5 Å². The molecule has 0 unspecified atom stereocenters. The fourth-order valence-corrected chi connectivity index (χ4v) is 3.51. The number of hydrogen-bond donors (Lipinski definition) is 0. The molecule has 4 rings (SSSR count). The third-order valence-corrected chi connectivity index (χ3v) is 4.99. The van der Waals surface area contributed by atoms with Crippen molar-refractivity contribution in [2.24, 2.45) is 4.99 Å². The van der Waals surface area contributed by atoms with Gasteiger partial charge in [-0.15, -0.1) is 0 Å². The molecule has 2 aromatic carbocycles. The van der Waals surface area contributed by atoms with Crippen LogP contribution in [-0.4, -0.2) is 18.3 Å². The predicted octanol–water partition coefficient (Wildman–Crippen LogP) is 5.12. The first-order chi connectivity index (χ1) is 11.7. The molecule has 0 amide bonds. The van der Waals surface area contributed by atoms with Crippen LogP contribution < -0.4 is 9.47 Å². The maximum atomic E-state index is 6.15. The molecule has 2 heterocycles. The second kappa shape index (κ2) is 6.26. The first-order valence-electron chi connectivity index (χ1n) is 7.34. The molecule has 0 radical (unpaired) electrons. The van der Waals surface area contributed by atoms with Gasteiger partial charge in [-0.1, -0.05) is 41.1 Å². The Bertz CT molecular complexity index is 937. The highest BCUT2D eigenvalue weighted by atomic mass is 35.5. The molecule has 4 nitrogen and oxygen atoms in total. The first kappa shape index (κ1) is 15.2. The molecule has 0 N–H and O–H groups in total. The van der Waals surface area contributed by atoms with E-state index in [2.05, 4.69) is 9.98 Å². The van der Waals surface area contributed by atoms with Gasteiger partial charge < -0.3 is 9.47 Å². The van der Waals surface area contributed by atoms with E-state index in [9.17, 15) is 0 Å². The molecule has 24 heavy (non-hydrogen) atoms. The Morgan fingerprint density at radius 2 is 2.17 bits per heavy atom. The number of fused-ring (bicyclic) bond motifs is 3. The van der Waals surface area contributed by atoms with Crippen molar-refractivity contribution in [1.29, 1.82) is 0 Å². The summed E-state index contributed by atoms with van der Waals surface area (Å²) in [6.45, 7) is 0.495. The molecule has 0 spiro atoms. The lowest BCUT2D eigenvalue weighted by atomic mass is 10.1. The summed E-state index contributed by atoms with van der Waals surface area (Å²) in [5, 5.41) is 1.36. The van der Waals surface area contributed by atoms with Gasteiger partial charge in [-0.25, -0.2) is 9.98 Å². The van der Waals surface area contributed by atoms with Gasteiger partial charge in [-0.3, -0.25) is 0 Å². The van der Waals surface area contributed by atoms with Crippen LogP contribution >= 0.6 is 22.9 Å². The Kier molecular flexibility index (Phi) is 3.96. The highest BCUT2D eigenvalue weighted by Crippen LogP contribution is 2.43. The number of benzene rings is 2. The van der Waals surface area contributed by atoms with Crippen molar-refractivity contribution in [2.45, 2.75) is 6.61 Å². The topological polar surface area (TPSA) is 43.7 Å². The molecule has 6 heteroatoms. The summed E-state index contributed by atoms with van der Waals surface area (Å²) < 4.78 is 11.0. The Hall–Kier alpha value is -2.37. The number of rotatable bonds is 3. The van der Waals surface area contributed by atoms with Crippen LogP contribution in [0.4, 0.5) is 5.13 Å². The zero-order valence-corrected chi connectivity index (χ0v) is 14.4. The van der Waals surface area contributed by atoms with Crippen molar-refractivity contribution in [1.82, 2.24) is 4.98 Å². The Balaban J connectivity index is 1.68. The lowest BCUT2D eigenvalue weighted by molar-refractivity contribution is 0.303. The maximum Gasteiger partial charge on any atom is 0.210 e. The molecule has 1 aliphatic rings. The number of hydrogen-bond acceptors (Lipinski definition) is 5. The number of aliphatic imine (C=N–C) groups is 1. The van der Waals surface area contributed by atoms with Gasteiger partial charge in [0, 0.05) is 28.4 Å². The van der Waals surface area contributed by atoms with Crippen molar-refractivity contribution in [3.05, 3.63) is 57.9 Å². The van der Waals surface area contributed by atoms with Crippen molar-refractivity contribution in [3.8, 4) is 22.8 Å². The smallest absolute Gasteiger partial charge is 0.210 e. The van der Waals surface area contributed by atoms with Gasteiger partial charge >= 0.3 is 0 Å². The van der Waals surface area contributed by atoms with Gasteiger partial charge in [0.2, 0.25) is 5.13 Å². The van der Waals surface area contributed by atoms with Crippen LogP contribution in [0.1, 0.15) is 10.4 Å². The van der Waals surface area contributed by atoms with Crippen LogP contribution in [-0.2, 0) is 6.61 Å². The van der Waals surface area contributed by atoms with Gasteiger partial charge in [0.15, 0.2) is 0 Å². The summed E-state index contributed by atoms with van der Waals surface area (Å²) in [5.74, 6) is 1.55. The molecular weight excluding hydrogens is 344 g/mol. The van der Waals surface area contributed by atoms with Crippen LogP contribution in [0.15, 0.2) is 47.5 Å². The van der Waals surface area contributed by atoms with E-state index < -0.39 is 0 Å². The second-order valence-electron chi connectivity index (χ2n) is 5.20. The van der Waals surface area contributed by atoms with E-state index in [1.165, 1.54) is 11.3 Å². The Morgan fingerprint density at radius 1 is 1.29 bits per heavy atom. The monoisotopic (exact) mass is 356 g/mol. The van der Waals surface area contributed by atoms with Crippen molar-refractivity contribution in [3.63, 3.8) is 0 Å². The third kappa shape index (κ3) is 2.77. The Morgan fingerprint density at radius 3 is 3.00 bits per heavy atom. The minimum absolute atomic E-state index is 0.495. The minimum Gasteiger partial charge on any atom is -0.497 e. The molecule has 0 fully saturated rings. The fourth-order valence-electron chi connectivity index (χ4n) is 2.50. The summed E-state index contributed by atoms with van der Waals surface area (Å²) in [4.78, 5) is 10.2. The van der Waals surface area contributed by atoms with Crippen molar-refractivity contribution in [2.75, 3.05) is 7.11 Å². The van der Waals surface area contributed by atoms with E-state index >= 15 is 0 Å². The summed E-state index contributed by atoms with van der Waals surface area (Å²) in [6.07, 6.45) is 1.74. The van der Waals surface area contributed by atoms with E-state index in [-0.39, 0.29) is 0 Å². The molecule has 1 aliphatic heterocycles. The predicted molar refractivity (Wildman–Crippen MR) is 97.1 cm³/mol. The molecule has 0 atom stereocenters. The minimum atomic E-state index is 0.495. The molecule has 0 bridgehead atoms. The number of aromatic nitrogens is 1. The first-order valence-corrected chi connectivity index (χ1v) is 8.53. The molecule has 120 valence electrons. The second-order valence-corrected chi connectivity index (χ2v) is 6.67. The van der Waals surface area contributed by atoms with Crippen LogP contribution in [0.25, 0.3) is 11.3 Å². The molecule has 0 aliphatic carbocycles. The standard InChI is InChI=1S/C18H13ClN2O2S/c1-22-12-6-7-13-15(8-12)23-10-16-17(13)21-18(24-16)20-9-11-4-2-3-5-14(11)19/h2-9H,10H2,1H3. The number of thiazole rings is 1.